The van der Waals surface area contributed by atoms with Gasteiger partial charge in [0, 0.05) is 20.7 Å². The van der Waals surface area contributed by atoms with Crippen molar-refractivity contribution in [2.24, 2.45) is 7.05 Å². The van der Waals surface area contributed by atoms with E-state index in [1.807, 2.05) is 21.0 Å². The van der Waals surface area contributed by atoms with Gasteiger partial charge in [0.2, 0.25) is 0 Å². The first kappa shape index (κ1) is 11.0. The largest absolute Gasteiger partial charge is 0.379 e. The van der Waals surface area contributed by atoms with E-state index in [0.29, 0.717) is 11.6 Å². The van der Waals surface area contributed by atoms with Gasteiger partial charge in [-0.2, -0.15) is 10.4 Å². The van der Waals surface area contributed by atoms with Crippen molar-refractivity contribution in [3.05, 3.63) is 11.3 Å². The monoisotopic (exact) mass is 220 g/mol. The maximum Gasteiger partial charge on any atom is 0.145 e. The maximum atomic E-state index is 9.14. The molecule has 86 valence electrons. The van der Waals surface area contributed by atoms with E-state index < -0.39 is 0 Å². The zero-order valence-corrected chi connectivity index (χ0v) is 9.90. The summed E-state index contributed by atoms with van der Waals surface area (Å²) < 4.78 is 7.14. The molecule has 0 spiro atoms. The number of ether oxygens (including phenoxy) is 1. The molecule has 2 heterocycles. The summed E-state index contributed by atoms with van der Waals surface area (Å²) in [5.74, 6) is 0.885. The molecule has 0 N–H and O–H groups in total. The van der Waals surface area contributed by atoms with Gasteiger partial charge < -0.3 is 9.64 Å². The van der Waals surface area contributed by atoms with Crippen LogP contribution in [-0.2, 0) is 11.8 Å². The van der Waals surface area contributed by atoms with Crippen LogP contribution in [0, 0.1) is 18.3 Å². The Balaban J connectivity index is 2.35. The fourth-order valence-electron chi connectivity index (χ4n) is 2.18. The lowest BCUT2D eigenvalue weighted by atomic mass is 10.2. The second-order valence-electron chi connectivity index (χ2n) is 4.15. The highest BCUT2D eigenvalue weighted by Crippen LogP contribution is 2.25. The van der Waals surface area contributed by atoms with Gasteiger partial charge in [-0.05, 0) is 13.3 Å². The number of rotatable bonds is 2. The van der Waals surface area contributed by atoms with Crippen molar-refractivity contribution in [2.45, 2.75) is 19.4 Å². The third-order valence-corrected chi connectivity index (χ3v) is 3.09. The Kier molecular flexibility index (Phi) is 2.84. The summed E-state index contributed by atoms with van der Waals surface area (Å²) in [4.78, 5) is 2.10. The highest BCUT2D eigenvalue weighted by Gasteiger charge is 2.25. The number of nitriles is 1. The number of aromatic nitrogens is 2. The molecule has 2 rings (SSSR count). The predicted octanol–water partition coefficient (Wildman–Crippen LogP) is 0.825. The van der Waals surface area contributed by atoms with Crippen LogP contribution in [-0.4, -0.2) is 36.1 Å². The van der Waals surface area contributed by atoms with E-state index in [1.54, 1.807) is 4.68 Å². The van der Waals surface area contributed by atoms with Gasteiger partial charge in [0.05, 0.1) is 18.3 Å². The molecular weight excluding hydrogens is 204 g/mol. The molecule has 1 unspecified atom stereocenters. The van der Waals surface area contributed by atoms with Gasteiger partial charge in [-0.15, -0.1) is 0 Å². The topological polar surface area (TPSA) is 54.1 Å². The van der Waals surface area contributed by atoms with Gasteiger partial charge in [0.1, 0.15) is 17.5 Å². The number of hydrogen-bond acceptors (Lipinski definition) is 4. The van der Waals surface area contributed by atoms with E-state index in [9.17, 15) is 0 Å². The van der Waals surface area contributed by atoms with Gasteiger partial charge in [0.15, 0.2) is 0 Å². The molecule has 5 nitrogen and oxygen atoms in total. The summed E-state index contributed by atoms with van der Waals surface area (Å²) in [6, 6.07) is 2.57. The normalized spacial score (nSPS) is 19.8. The standard InChI is InChI=1S/C11H16N4O/c1-8-10(6-12)11(15(3)13-8)14(2)9-4-5-16-7-9/h9H,4-5,7H2,1-3H3. The van der Waals surface area contributed by atoms with Crippen LogP contribution >= 0.6 is 0 Å². The van der Waals surface area contributed by atoms with Crippen molar-refractivity contribution in [2.75, 3.05) is 25.2 Å². The van der Waals surface area contributed by atoms with E-state index in [1.165, 1.54) is 0 Å². The third-order valence-electron chi connectivity index (χ3n) is 3.09. The van der Waals surface area contributed by atoms with Crippen molar-refractivity contribution < 1.29 is 4.74 Å². The van der Waals surface area contributed by atoms with Crippen molar-refractivity contribution in [1.82, 2.24) is 9.78 Å². The average Bonchev–Trinajstić information content (AvgIpc) is 2.84. The lowest BCUT2D eigenvalue weighted by Crippen LogP contribution is -2.33. The molecule has 1 aliphatic heterocycles. The van der Waals surface area contributed by atoms with Gasteiger partial charge in [-0.3, -0.25) is 4.68 Å². The average molecular weight is 220 g/mol. The first-order chi connectivity index (χ1) is 7.65. The van der Waals surface area contributed by atoms with Crippen LogP contribution in [0.2, 0.25) is 0 Å². The molecule has 16 heavy (non-hydrogen) atoms. The Morgan fingerprint density at radius 1 is 1.62 bits per heavy atom. The lowest BCUT2D eigenvalue weighted by molar-refractivity contribution is 0.193. The first-order valence-electron chi connectivity index (χ1n) is 5.39. The van der Waals surface area contributed by atoms with Crippen LogP contribution in [0.15, 0.2) is 0 Å². The molecule has 1 fully saturated rings. The number of aryl methyl sites for hydroxylation is 2. The molecule has 1 aromatic heterocycles. The van der Waals surface area contributed by atoms with Gasteiger partial charge in [-0.25, -0.2) is 0 Å². The molecule has 0 amide bonds. The Bertz CT molecular complexity index is 426. The summed E-state index contributed by atoms with van der Waals surface area (Å²) in [5.41, 5.74) is 1.45. The van der Waals surface area contributed by atoms with E-state index in [2.05, 4.69) is 16.1 Å². The third kappa shape index (κ3) is 1.65. The van der Waals surface area contributed by atoms with E-state index >= 15 is 0 Å². The number of anilines is 1. The van der Waals surface area contributed by atoms with E-state index in [0.717, 1.165) is 31.1 Å². The fourth-order valence-corrected chi connectivity index (χ4v) is 2.18. The molecule has 1 saturated heterocycles. The van der Waals surface area contributed by atoms with E-state index in [-0.39, 0.29) is 0 Å². The molecular formula is C11H16N4O. The molecule has 5 heteroatoms. The fraction of sp³-hybridized carbons (Fsp3) is 0.636. The van der Waals surface area contributed by atoms with Crippen LogP contribution in [0.3, 0.4) is 0 Å². The molecule has 1 atom stereocenters. The number of likely N-dealkylation sites (N-methyl/N-ethyl adjacent to an activating group) is 1. The van der Waals surface area contributed by atoms with Gasteiger partial charge in [0.25, 0.3) is 0 Å². The van der Waals surface area contributed by atoms with Crippen molar-refractivity contribution in [3.63, 3.8) is 0 Å². The minimum Gasteiger partial charge on any atom is -0.379 e. The lowest BCUT2D eigenvalue weighted by Gasteiger charge is -2.25. The maximum absolute atomic E-state index is 9.14. The Labute approximate surface area is 95.2 Å². The summed E-state index contributed by atoms with van der Waals surface area (Å²) >= 11 is 0. The molecule has 0 bridgehead atoms. The zero-order chi connectivity index (χ0) is 11.7. The summed E-state index contributed by atoms with van der Waals surface area (Å²) in [7, 11) is 3.87. The molecule has 0 saturated carbocycles. The molecule has 0 radical (unpaired) electrons. The first-order valence-corrected chi connectivity index (χ1v) is 5.39. The van der Waals surface area contributed by atoms with Crippen molar-refractivity contribution in [1.29, 1.82) is 5.26 Å². The van der Waals surface area contributed by atoms with Crippen molar-refractivity contribution >= 4 is 5.82 Å². The quantitative estimate of drug-likeness (QED) is 0.740. The predicted molar refractivity (Wildman–Crippen MR) is 60.3 cm³/mol. The van der Waals surface area contributed by atoms with Gasteiger partial charge >= 0.3 is 0 Å². The van der Waals surface area contributed by atoms with E-state index in [4.69, 9.17) is 10.00 Å². The van der Waals surface area contributed by atoms with Crippen LogP contribution in [0.5, 0.6) is 0 Å². The highest BCUT2D eigenvalue weighted by atomic mass is 16.5. The highest BCUT2D eigenvalue weighted by molar-refractivity contribution is 5.57. The summed E-state index contributed by atoms with van der Waals surface area (Å²) in [6.07, 6.45) is 1.01. The minimum absolute atomic E-state index is 0.349. The zero-order valence-electron chi connectivity index (χ0n) is 9.90. The minimum atomic E-state index is 0.349. The smallest absolute Gasteiger partial charge is 0.145 e. The second kappa shape index (κ2) is 4.14. The molecule has 0 aromatic carbocycles. The summed E-state index contributed by atoms with van der Waals surface area (Å²) in [6.45, 7) is 3.39. The van der Waals surface area contributed by atoms with Gasteiger partial charge in [-0.1, -0.05) is 0 Å². The number of hydrogen-bond donors (Lipinski definition) is 0. The Hall–Kier alpha value is -1.54. The Morgan fingerprint density at radius 3 is 2.94 bits per heavy atom. The van der Waals surface area contributed by atoms with Crippen LogP contribution < -0.4 is 4.90 Å². The van der Waals surface area contributed by atoms with Crippen LogP contribution in [0.25, 0.3) is 0 Å². The SMILES string of the molecule is Cc1nn(C)c(N(C)C2CCOC2)c1C#N. The summed E-state index contributed by atoms with van der Waals surface area (Å²) in [5, 5.41) is 13.4. The number of nitrogens with zero attached hydrogens (tertiary/aromatic N) is 4. The second-order valence-corrected chi connectivity index (χ2v) is 4.15. The molecule has 1 aromatic rings. The molecule has 0 aliphatic carbocycles. The van der Waals surface area contributed by atoms with Crippen LogP contribution in [0.4, 0.5) is 5.82 Å². The Morgan fingerprint density at radius 2 is 2.38 bits per heavy atom. The van der Waals surface area contributed by atoms with Crippen LogP contribution in [0.1, 0.15) is 17.7 Å². The van der Waals surface area contributed by atoms with Crippen molar-refractivity contribution in [3.8, 4) is 6.07 Å². The molecule has 1 aliphatic rings.